The molecule has 0 saturated carbocycles. The summed E-state index contributed by atoms with van der Waals surface area (Å²) in [5.74, 6) is -0.770. The minimum atomic E-state index is -4.42. The lowest BCUT2D eigenvalue weighted by Crippen LogP contribution is -2.28. The van der Waals surface area contributed by atoms with Gasteiger partial charge in [-0.25, -0.2) is 0 Å². The van der Waals surface area contributed by atoms with Crippen molar-refractivity contribution in [3.8, 4) is 0 Å². The zero-order valence-corrected chi connectivity index (χ0v) is 35.8. The van der Waals surface area contributed by atoms with Crippen LogP contribution in [0.15, 0.2) is 118 Å². The van der Waals surface area contributed by atoms with Crippen LogP contribution in [0.25, 0.3) is 21.5 Å². The van der Waals surface area contributed by atoms with E-state index >= 15 is 0 Å². The summed E-state index contributed by atoms with van der Waals surface area (Å²) >= 11 is 7.12. The van der Waals surface area contributed by atoms with Gasteiger partial charge in [-0.15, -0.1) is 0 Å². The van der Waals surface area contributed by atoms with Gasteiger partial charge in [-0.3, -0.25) is 13.7 Å². The van der Waals surface area contributed by atoms with Gasteiger partial charge >= 0.3 is 0 Å². The number of nitrogens with zero attached hydrogens (tertiary/aromatic N) is 2. The van der Waals surface area contributed by atoms with Crippen LogP contribution in [0.2, 0.25) is 0 Å². The Kier molecular flexibility index (Phi) is 11.0. The Morgan fingerprint density at radius 2 is 1.41 bits per heavy atom. The third-order valence-corrected chi connectivity index (χ3v) is 14.5. The van der Waals surface area contributed by atoms with Gasteiger partial charge in [-0.05, 0) is 102 Å². The summed E-state index contributed by atoms with van der Waals surface area (Å²) in [6, 6.07) is 20.4. The minimum Gasteiger partial charge on any atom is -0.344 e. The van der Waals surface area contributed by atoms with E-state index in [-0.39, 0.29) is 30.0 Å². The van der Waals surface area contributed by atoms with Crippen molar-refractivity contribution < 1.29 is 43.5 Å². The average Bonchev–Trinajstić information content (AvgIpc) is 3.67. The van der Waals surface area contributed by atoms with E-state index in [9.17, 15) is 38.9 Å². The van der Waals surface area contributed by atoms with Gasteiger partial charge in [0.1, 0.15) is 6.54 Å². The molecule has 0 fully saturated rings. The molecule has 0 atom stereocenters. The molecule has 306 valence electrons. The van der Waals surface area contributed by atoms with Gasteiger partial charge in [0.25, 0.3) is 30.4 Å². The molecule has 2 aliphatic heterocycles. The van der Waals surface area contributed by atoms with Crippen LogP contribution in [0.1, 0.15) is 64.5 Å². The van der Waals surface area contributed by atoms with Gasteiger partial charge in [-0.2, -0.15) is 29.8 Å². The first-order valence-corrected chi connectivity index (χ1v) is 24.0. The van der Waals surface area contributed by atoms with E-state index in [1.54, 1.807) is 12.1 Å². The Bertz CT molecular complexity index is 2890. The lowest BCUT2D eigenvalue weighted by molar-refractivity contribution is -0.437. The Labute approximate surface area is 345 Å². The highest BCUT2D eigenvalue weighted by Crippen LogP contribution is 2.51. The molecule has 2 heterocycles. The minimum absolute atomic E-state index is 0.152. The lowest BCUT2D eigenvalue weighted by Gasteiger charge is -2.27. The first kappa shape index (κ1) is 42.0. The van der Waals surface area contributed by atoms with Crippen molar-refractivity contribution >= 4 is 80.6 Å². The second kappa shape index (κ2) is 15.1. The quantitative estimate of drug-likeness (QED) is 0.0926. The maximum Gasteiger partial charge on any atom is 0.294 e. The van der Waals surface area contributed by atoms with E-state index in [0.717, 1.165) is 61.2 Å². The molecule has 0 aromatic heterocycles. The molecule has 7 rings (SSSR count). The summed E-state index contributed by atoms with van der Waals surface area (Å²) in [5, 5.41) is 4.23. The molecule has 0 amide bonds. The summed E-state index contributed by atoms with van der Waals surface area (Å²) < 4.78 is 101. The van der Waals surface area contributed by atoms with E-state index in [2.05, 4.69) is 48.8 Å². The number of halogens is 1. The monoisotopic (exact) mass is 865 g/mol. The molecule has 15 heteroatoms. The summed E-state index contributed by atoms with van der Waals surface area (Å²) in [4.78, 5) is 1.81. The number of rotatable bonds is 12. The van der Waals surface area contributed by atoms with Gasteiger partial charge < -0.3 is 4.90 Å². The molecule has 0 radical (unpaired) electrons. The molecular weight excluding hydrogens is 820 g/mol. The number of fused-ring (bicyclic) bond motifs is 6. The fourth-order valence-electron chi connectivity index (χ4n) is 8.93. The molecule has 1 aliphatic carbocycles. The molecule has 58 heavy (non-hydrogen) atoms. The van der Waals surface area contributed by atoms with E-state index in [4.69, 9.17) is 11.6 Å². The standard InChI is InChI=1S/C43H45ClN2O9S3/c1-42(2)37(45(23-7-25-56(47,48)49)35-19-13-28-9-5-6-10-33(28)39(35)42)21-15-29-11-12-30(41(29)44)16-22-38-43(3,4)40-34-18-17-32(58(53,54)55)27-31(34)14-20-36(40)46(38)24-8-26-57(50,51)52/h5-6,9-10,13-22,27H,7-8,11-12,23-26H2,1-4H3,(H2-,47,48,49,50,51,52,53,54,55)/p+1. The Morgan fingerprint density at radius 3 is 2.12 bits per heavy atom. The first-order valence-electron chi connectivity index (χ1n) is 19.0. The summed E-state index contributed by atoms with van der Waals surface area (Å²) in [5.41, 5.74) is 6.47. The van der Waals surface area contributed by atoms with Crippen LogP contribution in [0.3, 0.4) is 0 Å². The molecule has 0 saturated heterocycles. The Hall–Kier alpha value is -4.15. The molecule has 11 nitrogen and oxygen atoms in total. The van der Waals surface area contributed by atoms with Crippen molar-refractivity contribution in [3.63, 3.8) is 0 Å². The number of hydrogen-bond donors (Lipinski definition) is 3. The topological polar surface area (TPSA) is 169 Å². The summed E-state index contributed by atoms with van der Waals surface area (Å²) in [6.45, 7) is 9.06. The zero-order chi connectivity index (χ0) is 42.0. The van der Waals surface area contributed by atoms with Crippen LogP contribution in [-0.2, 0) is 41.2 Å². The molecule has 4 aromatic carbocycles. The van der Waals surface area contributed by atoms with E-state index in [1.165, 1.54) is 12.1 Å². The number of anilines is 1. The molecule has 0 unspecified atom stereocenters. The van der Waals surface area contributed by atoms with Crippen LogP contribution < -0.4 is 4.90 Å². The highest BCUT2D eigenvalue weighted by Gasteiger charge is 2.46. The number of benzene rings is 4. The highest BCUT2D eigenvalue weighted by molar-refractivity contribution is 7.86. The maximum absolute atomic E-state index is 11.9. The highest BCUT2D eigenvalue weighted by atomic mass is 35.5. The predicted octanol–water partition coefficient (Wildman–Crippen LogP) is 8.62. The largest absolute Gasteiger partial charge is 0.344 e. The summed E-state index contributed by atoms with van der Waals surface area (Å²) in [6.07, 6.45) is 9.80. The number of hydrogen-bond acceptors (Lipinski definition) is 7. The van der Waals surface area contributed by atoms with Gasteiger partial charge in [0.15, 0.2) is 5.71 Å². The van der Waals surface area contributed by atoms with E-state index < -0.39 is 46.9 Å². The smallest absolute Gasteiger partial charge is 0.294 e. The van der Waals surface area contributed by atoms with Crippen LogP contribution >= 0.6 is 11.6 Å². The van der Waals surface area contributed by atoms with Gasteiger partial charge in [0.2, 0.25) is 5.69 Å². The fraction of sp³-hybridized carbons (Fsp3) is 0.326. The van der Waals surface area contributed by atoms with Crippen LogP contribution in [-0.4, -0.2) is 73.8 Å². The maximum atomic E-state index is 11.9. The van der Waals surface area contributed by atoms with Crippen molar-refractivity contribution in [2.75, 3.05) is 29.5 Å². The molecule has 0 spiro atoms. The van der Waals surface area contributed by atoms with Gasteiger partial charge in [-0.1, -0.05) is 74.0 Å². The number of allylic oxidation sites excluding steroid dienone is 8. The molecule has 3 N–H and O–H groups in total. The van der Waals surface area contributed by atoms with Crippen molar-refractivity contribution in [3.05, 3.63) is 124 Å². The molecule has 0 bridgehead atoms. The first-order chi connectivity index (χ1) is 27.1. The van der Waals surface area contributed by atoms with Crippen molar-refractivity contribution in [1.29, 1.82) is 0 Å². The van der Waals surface area contributed by atoms with Crippen molar-refractivity contribution in [2.45, 2.75) is 69.1 Å². The van der Waals surface area contributed by atoms with Crippen molar-refractivity contribution in [2.24, 2.45) is 0 Å². The van der Waals surface area contributed by atoms with E-state index in [0.29, 0.717) is 29.8 Å². The van der Waals surface area contributed by atoms with Gasteiger partial charge in [0, 0.05) is 52.5 Å². The lowest BCUT2D eigenvalue weighted by atomic mass is 9.79. The molecule has 4 aromatic rings. The van der Waals surface area contributed by atoms with Crippen LogP contribution in [0, 0.1) is 0 Å². The van der Waals surface area contributed by atoms with Crippen molar-refractivity contribution in [1.82, 2.24) is 0 Å². The zero-order valence-electron chi connectivity index (χ0n) is 32.6. The second-order valence-corrected chi connectivity index (χ2v) is 21.1. The van der Waals surface area contributed by atoms with Crippen LogP contribution in [0.5, 0.6) is 0 Å². The Balaban J connectivity index is 1.25. The summed E-state index contributed by atoms with van der Waals surface area (Å²) in [7, 11) is -12.8. The van der Waals surface area contributed by atoms with E-state index in [1.807, 2.05) is 55.2 Å². The molecular formula is C43H46ClN2O9S3+. The molecule has 3 aliphatic rings. The second-order valence-electron chi connectivity index (χ2n) is 16.1. The third kappa shape index (κ3) is 8.08. The third-order valence-electron chi connectivity index (χ3n) is 11.5. The SMILES string of the molecule is CC1(C)C(=C/C=C2\CCC(C=CC3=[N+](CCCS(=O)(=O)O)c4ccc5ccccc5c4C3(C)C)=C2Cl)N(CCCS(=O)(=O)O)c2ccc3cc(S(=O)(=O)O)ccc3c21. The average molecular weight is 867 g/mol. The predicted molar refractivity (Wildman–Crippen MR) is 230 cm³/mol. The fourth-order valence-corrected chi connectivity index (χ4v) is 10.7. The van der Waals surface area contributed by atoms with Gasteiger partial charge in [0.05, 0.1) is 21.8 Å². The van der Waals surface area contributed by atoms with Crippen LogP contribution in [0.4, 0.5) is 11.4 Å². The normalized spacial score (nSPS) is 19.5. The Morgan fingerprint density at radius 1 is 0.741 bits per heavy atom.